The van der Waals surface area contributed by atoms with Crippen molar-refractivity contribution < 1.29 is 18.0 Å². The van der Waals surface area contributed by atoms with Crippen molar-refractivity contribution in [3.8, 4) is 0 Å². The van der Waals surface area contributed by atoms with E-state index < -0.39 is 10.0 Å². The fraction of sp³-hybridized carbons (Fsp3) is 0.391. The number of fused-ring (bicyclic) bond motifs is 1. The number of aryl methyl sites for hydroxylation is 2. The molecule has 2 aromatic rings. The van der Waals surface area contributed by atoms with Crippen molar-refractivity contribution in [2.45, 2.75) is 42.9 Å². The average molecular weight is 474 g/mol. The highest BCUT2D eigenvalue weighted by molar-refractivity contribution is 8.00. The number of benzene rings is 2. The number of piperidine rings is 1. The number of carbonyl (C=O) groups excluding carboxylic acids is 2. The molecule has 0 saturated carbocycles. The summed E-state index contributed by atoms with van der Waals surface area (Å²) >= 11 is 1.36. The molecule has 0 unspecified atom stereocenters. The zero-order valence-electron chi connectivity index (χ0n) is 18.3. The van der Waals surface area contributed by atoms with Gasteiger partial charge in [0, 0.05) is 23.7 Å². The van der Waals surface area contributed by atoms with E-state index in [1.807, 2.05) is 32.0 Å². The Bertz CT molecular complexity index is 1160. The van der Waals surface area contributed by atoms with E-state index in [4.69, 9.17) is 0 Å². The largest absolute Gasteiger partial charge is 0.325 e. The number of thioether (sulfide) groups is 1. The lowest BCUT2D eigenvalue weighted by Crippen LogP contribution is -2.41. The van der Waals surface area contributed by atoms with Crippen LogP contribution >= 0.6 is 11.8 Å². The normalized spacial score (nSPS) is 17.2. The topological polar surface area (TPSA) is 86.8 Å². The number of amides is 2. The molecule has 2 heterocycles. The van der Waals surface area contributed by atoms with Gasteiger partial charge in [-0.05, 0) is 68.1 Å². The molecule has 2 aromatic carbocycles. The fourth-order valence-corrected chi connectivity index (χ4v) is 6.39. The van der Waals surface area contributed by atoms with Gasteiger partial charge in [0.15, 0.2) is 0 Å². The maximum absolute atomic E-state index is 13.1. The van der Waals surface area contributed by atoms with E-state index in [1.54, 1.807) is 12.1 Å². The van der Waals surface area contributed by atoms with Crippen LogP contribution in [0, 0.1) is 13.8 Å². The first-order valence-electron chi connectivity index (χ1n) is 10.7. The Balaban J connectivity index is 1.58. The summed E-state index contributed by atoms with van der Waals surface area (Å²) in [5.41, 5.74) is 3.33. The summed E-state index contributed by atoms with van der Waals surface area (Å²) in [4.78, 5) is 27.7. The summed E-state index contributed by atoms with van der Waals surface area (Å²) in [6, 6.07) is 10.5. The molecule has 0 bridgehead atoms. The van der Waals surface area contributed by atoms with Crippen LogP contribution in [0.1, 0.15) is 30.4 Å². The Morgan fingerprint density at radius 3 is 2.50 bits per heavy atom. The second-order valence-corrected chi connectivity index (χ2v) is 11.2. The van der Waals surface area contributed by atoms with E-state index >= 15 is 0 Å². The second-order valence-electron chi connectivity index (χ2n) is 8.21. The highest BCUT2D eigenvalue weighted by Crippen LogP contribution is 2.37. The Morgan fingerprint density at radius 1 is 1.03 bits per heavy atom. The first kappa shape index (κ1) is 22.8. The number of hydrogen-bond acceptors (Lipinski definition) is 5. The minimum absolute atomic E-state index is 0.160. The lowest BCUT2D eigenvalue weighted by atomic mass is 10.1. The number of rotatable bonds is 5. The third-order valence-corrected chi connectivity index (χ3v) is 8.86. The van der Waals surface area contributed by atoms with Crippen molar-refractivity contribution in [1.82, 2.24) is 4.31 Å². The maximum atomic E-state index is 13.1. The molecule has 32 heavy (non-hydrogen) atoms. The zero-order chi connectivity index (χ0) is 22.9. The van der Waals surface area contributed by atoms with Crippen LogP contribution in [-0.2, 0) is 19.6 Å². The van der Waals surface area contributed by atoms with Crippen LogP contribution < -0.4 is 10.2 Å². The number of hydrogen-bond donors (Lipinski definition) is 1. The number of nitrogens with one attached hydrogen (secondary N) is 1. The van der Waals surface area contributed by atoms with E-state index in [0.717, 1.165) is 35.3 Å². The predicted octanol–water partition coefficient (Wildman–Crippen LogP) is 3.56. The van der Waals surface area contributed by atoms with Crippen LogP contribution in [0.25, 0.3) is 0 Å². The van der Waals surface area contributed by atoms with Crippen LogP contribution in [0.4, 0.5) is 11.4 Å². The van der Waals surface area contributed by atoms with Gasteiger partial charge in [0.2, 0.25) is 21.8 Å². The second kappa shape index (κ2) is 9.25. The predicted molar refractivity (Wildman–Crippen MR) is 127 cm³/mol. The molecule has 0 aliphatic carbocycles. The first-order chi connectivity index (χ1) is 15.3. The number of nitrogens with zero attached hydrogens (tertiary/aromatic N) is 2. The molecule has 1 fully saturated rings. The summed E-state index contributed by atoms with van der Waals surface area (Å²) in [5.74, 6) is -0.337. The molecule has 2 amide bonds. The molecule has 0 aromatic heterocycles. The summed E-state index contributed by atoms with van der Waals surface area (Å²) in [5, 5.41) is 2.84. The standard InChI is InChI=1S/C23H27N3O4S2/c1-16-6-7-18(12-17(16)2)24-22(27)14-26-20-13-19(8-9-21(20)31-15-23(26)28)32(29,30)25-10-4-3-5-11-25/h6-9,12-13H,3-5,10-11,14-15H2,1-2H3,(H,24,27). The highest BCUT2D eigenvalue weighted by Gasteiger charge is 2.31. The molecule has 2 aliphatic rings. The van der Waals surface area contributed by atoms with Crippen molar-refractivity contribution in [3.05, 3.63) is 47.5 Å². The highest BCUT2D eigenvalue weighted by atomic mass is 32.2. The molecule has 7 nitrogen and oxygen atoms in total. The quantitative estimate of drug-likeness (QED) is 0.718. The summed E-state index contributed by atoms with van der Waals surface area (Å²) in [7, 11) is -3.64. The molecule has 0 radical (unpaired) electrons. The zero-order valence-corrected chi connectivity index (χ0v) is 19.9. The minimum atomic E-state index is -3.64. The number of carbonyl (C=O) groups is 2. The van der Waals surface area contributed by atoms with E-state index in [0.29, 0.717) is 24.5 Å². The molecule has 170 valence electrons. The van der Waals surface area contributed by atoms with Gasteiger partial charge >= 0.3 is 0 Å². The molecule has 2 aliphatic heterocycles. The Labute approximate surface area is 193 Å². The fourth-order valence-electron chi connectivity index (χ4n) is 3.93. The molecular formula is C23H27N3O4S2. The average Bonchev–Trinajstić information content (AvgIpc) is 2.78. The van der Waals surface area contributed by atoms with Gasteiger partial charge in [-0.15, -0.1) is 11.8 Å². The first-order valence-corrected chi connectivity index (χ1v) is 13.1. The van der Waals surface area contributed by atoms with Crippen molar-refractivity contribution in [2.24, 2.45) is 0 Å². The van der Waals surface area contributed by atoms with Gasteiger partial charge in [0.25, 0.3) is 0 Å². The molecule has 0 atom stereocenters. The third-order valence-electron chi connectivity index (χ3n) is 5.92. The molecule has 0 spiro atoms. The summed E-state index contributed by atoms with van der Waals surface area (Å²) < 4.78 is 27.7. The van der Waals surface area contributed by atoms with Crippen LogP contribution in [0.15, 0.2) is 46.2 Å². The molecule has 1 N–H and O–H groups in total. The van der Waals surface area contributed by atoms with E-state index in [-0.39, 0.29) is 29.0 Å². The third kappa shape index (κ3) is 4.69. The van der Waals surface area contributed by atoms with Gasteiger partial charge in [-0.2, -0.15) is 4.31 Å². The van der Waals surface area contributed by atoms with Gasteiger partial charge in [0.05, 0.1) is 16.3 Å². The van der Waals surface area contributed by atoms with E-state index in [9.17, 15) is 18.0 Å². The molecule has 4 rings (SSSR count). The van der Waals surface area contributed by atoms with Crippen LogP contribution in [-0.4, -0.2) is 49.9 Å². The number of anilines is 2. The maximum Gasteiger partial charge on any atom is 0.244 e. The lowest BCUT2D eigenvalue weighted by Gasteiger charge is -2.30. The smallest absolute Gasteiger partial charge is 0.244 e. The minimum Gasteiger partial charge on any atom is -0.325 e. The van der Waals surface area contributed by atoms with E-state index in [2.05, 4.69) is 5.32 Å². The summed E-state index contributed by atoms with van der Waals surface area (Å²) in [6.07, 6.45) is 2.73. The van der Waals surface area contributed by atoms with E-state index in [1.165, 1.54) is 27.0 Å². The van der Waals surface area contributed by atoms with Crippen molar-refractivity contribution in [3.63, 3.8) is 0 Å². The van der Waals surface area contributed by atoms with Crippen LogP contribution in [0.2, 0.25) is 0 Å². The van der Waals surface area contributed by atoms with Gasteiger partial charge in [-0.3, -0.25) is 9.59 Å². The molecular weight excluding hydrogens is 446 g/mol. The van der Waals surface area contributed by atoms with Crippen LogP contribution in [0.5, 0.6) is 0 Å². The Kier molecular flexibility index (Phi) is 6.60. The van der Waals surface area contributed by atoms with Gasteiger partial charge in [-0.25, -0.2) is 8.42 Å². The Hall–Kier alpha value is -2.36. The van der Waals surface area contributed by atoms with Crippen molar-refractivity contribution in [2.75, 3.05) is 35.6 Å². The van der Waals surface area contributed by atoms with Crippen LogP contribution in [0.3, 0.4) is 0 Å². The molecule has 9 heteroatoms. The lowest BCUT2D eigenvalue weighted by molar-refractivity contribution is -0.120. The molecule has 1 saturated heterocycles. The monoisotopic (exact) mass is 473 g/mol. The van der Waals surface area contributed by atoms with Gasteiger partial charge in [-0.1, -0.05) is 12.5 Å². The van der Waals surface area contributed by atoms with Gasteiger partial charge < -0.3 is 10.2 Å². The Morgan fingerprint density at radius 2 is 1.78 bits per heavy atom. The summed E-state index contributed by atoms with van der Waals surface area (Å²) in [6.45, 7) is 4.81. The number of sulfonamides is 1. The SMILES string of the molecule is Cc1ccc(NC(=O)CN2C(=O)CSc3ccc(S(=O)(=O)N4CCCCC4)cc32)cc1C. The van der Waals surface area contributed by atoms with Crippen molar-refractivity contribution >= 4 is 45.0 Å². The van der Waals surface area contributed by atoms with Gasteiger partial charge in [0.1, 0.15) is 6.54 Å². The van der Waals surface area contributed by atoms with Crippen molar-refractivity contribution in [1.29, 1.82) is 0 Å².